The van der Waals surface area contributed by atoms with Gasteiger partial charge in [0.05, 0.1) is 0 Å². The second-order valence-corrected chi connectivity index (χ2v) is 6.41. The Morgan fingerprint density at radius 2 is 1.72 bits per heavy atom. The number of aromatic nitrogens is 1. The molecule has 0 aliphatic carbocycles. The van der Waals surface area contributed by atoms with Crippen molar-refractivity contribution in [1.82, 2.24) is 4.98 Å². The van der Waals surface area contributed by atoms with Gasteiger partial charge >= 0.3 is 0 Å². The summed E-state index contributed by atoms with van der Waals surface area (Å²) in [6.45, 7) is 0. The lowest BCUT2D eigenvalue weighted by Crippen LogP contribution is -1.92. The smallest absolute Gasteiger partial charge is 0.293 e. The topological polar surface area (TPSA) is 78.1 Å². The molecule has 4 rings (SSSR count). The number of nitrogens with zero attached hydrogens (tertiary/aromatic N) is 1. The van der Waals surface area contributed by atoms with Crippen molar-refractivity contribution in [2.24, 2.45) is 0 Å². The van der Waals surface area contributed by atoms with E-state index >= 15 is 0 Å². The fraction of sp³-hybridized carbons (Fsp3) is 0.0500. The number of anilines is 2. The Labute approximate surface area is 150 Å². The molecule has 124 valence electrons. The Morgan fingerprint density at radius 3 is 2.48 bits per heavy atom. The first-order chi connectivity index (χ1) is 12.1. The lowest BCUT2D eigenvalue weighted by atomic mass is 9.98. The standard InChI is InChI=1S/C20H16ClN3O/c21-15-3-1-2-14(11-15)17-9-13(8-12-4-6-16(22)7-5-12)10-18-19(17)24-20(23)25-18/h1-7,9-11H,8,22H2,(H2,23,24). The van der Waals surface area contributed by atoms with Crippen LogP contribution in [-0.2, 0) is 6.42 Å². The molecule has 1 heterocycles. The minimum atomic E-state index is 0.155. The average Bonchev–Trinajstić information content (AvgIpc) is 2.96. The monoisotopic (exact) mass is 349 g/mol. The molecule has 0 saturated heterocycles. The highest BCUT2D eigenvalue weighted by molar-refractivity contribution is 6.30. The molecule has 0 saturated carbocycles. The summed E-state index contributed by atoms with van der Waals surface area (Å²) in [6.07, 6.45) is 0.754. The van der Waals surface area contributed by atoms with Gasteiger partial charge in [0.2, 0.25) is 0 Å². The lowest BCUT2D eigenvalue weighted by Gasteiger charge is -2.08. The molecule has 4 N–H and O–H groups in total. The van der Waals surface area contributed by atoms with Crippen molar-refractivity contribution in [1.29, 1.82) is 0 Å². The molecule has 4 nitrogen and oxygen atoms in total. The third kappa shape index (κ3) is 3.16. The SMILES string of the molecule is Nc1ccc(Cc2cc(-c3cccc(Cl)c3)c3nc(N)oc3c2)cc1. The van der Waals surface area contributed by atoms with Crippen LogP contribution >= 0.6 is 11.6 Å². The first-order valence-electron chi connectivity index (χ1n) is 7.88. The molecule has 5 heteroatoms. The van der Waals surface area contributed by atoms with E-state index in [1.54, 1.807) is 0 Å². The Hall–Kier alpha value is -2.98. The number of oxazole rings is 1. The van der Waals surface area contributed by atoms with Crippen molar-refractivity contribution in [3.63, 3.8) is 0 Å². The molecular formula is C20H16ClN3O. The second-order valence-electron chi connectivity index (χ2n) is 5.97. The van der Waals surface area contributed by atoms with Crippen LogP contribution in [0, 0.1) is 0 Å². The van der Waals surface area contributed by atoms with Crippen LogP contribution in [0.5, 0.6) is 0 Å². The van der Waals surface area contributed by atoms with Crippen molar-refractivity contribution in [3.05, 3.63) is 76.8 Å². The number of benzene rings is 3. The van der Waals surface area contributed by atoms with Crippen LogP contribution in [0.3, 0.4) is 0 Å². The summed E-state index contributed by atoms with van der Waals surface area (Å²) in [6, 6.07) is 19.7. The Kier molecular flexibility index (Phi) is 3.82. The molecule has 25 heavy (non-hydrogen) atoms. The first-order valence-corrected chi connectivity index (χ1v) is 8.25. The van der Waals surface area contributed by atoms with E-state index < -0.39 is 0 Å². The third-order valence-electron chi connectivity index (χ3n) is 4.09. The van der Waals surface area contributed by atoms with Crippen molar-refractivity contribution < 1.29 is 4.42 Å². The van der Waals surface area contributed by atoms with Gasteiger partial charge in [0.15, 0.2) is 5.58 Å². The van der Waals surface area contributed by atoms with E-state index in [0.717, 1.165) is 39.9 Å². The van der Waals surface area contributed by atoms with E-state index in [9.17, 15) is 0 Å². The maximum Gasteiger partial charge on any atom is 0.293 e. The number of fused-ring (bicyclic) bond motifs is 1. The molecule has 4 aromatic rings. The summed E-state index contributed by atoms with van der Waals surface area (Å²) in [5.41, 5.74) is 17.9. The molecule has 0 amide bonds. The van der Waals surface area contributed by atoms with Gasteiger partial charge in [-0.2, -0.15) is 4.98 Å². The van der Waals surface area contributed by atoms with E-state index in [-0.39, 0.29) is 6.01 Å². The molecule has 0 aliphatic rings. The maximum absolute atomic E-state index is 6.16. The quantitative estimate of drug-likeness (QED) is 0.515. The highest BCUT2D eigenvalue weighted by Gasteiger charge is 2.13. The van der Waals surface area contributed by atoms with Crippen LogP contribution in [-0.4, -0.2) is 4.98 Å². The molecule has 1 aromatic heterocycles. The minimum absolute atomic E-state index is 0.155. The zero-order chi connectivity index (χ0) is 17.4. The summed E-state index contributed by atoms with van der Waals surface area (Å²) in [4.78, 5) is 4.33. The maximum atomic E-state index is 6.16. The number of nitrogen functional groups attached to an aromatic ring is 2. The van der Waals surface area contributed by atoms with Gasteiger partial charge in [0.25, 0.3) is 6.01 Å². The molecular weight excluding hydrogens is 334 g/mol. The van der Waals surface area contributed by atoms with Gasteiger partial charge in [0, 0.05) is 16.3 Å². The van der Waals surface area contributed by atoms with E-state index in [4.69, 9.17) is 27.5 Å². The third-order valence-corrected chi connectivity index (χ3v) is 4.33. The van der Waals surface area contributed by atoms with Crippen LogP contribution < -0.4 is 11.5 Å². The molecule has 0 aliphatic heterocycles. The van der Waals surface area contributed by atoms with E-state index in [1.807, 2.05) is 54.6 Å². The van der Waals surface area contributed by atoms with Gasteiger partial charge in [-0.05, 0) is 59.5 Å². The number of rotatable bonds is 3. The molecule has 0 unspecified atom stereocenters. The van der Waals surface area contributed by atoms with Crippen LogP contribution in [0.25, 0.3) is 22.2 Å². The molecule has 3 aromatic carbocycles. The van der Waals surface area contributed by atoms with Gasteiger partial charge < -0.3 is 15.9 Å². The van der Waals surface area contributed by atoms with Crippen molar-refractivity contribution in [3.8, 4) is 11.1 Å². The molecule has 0 radical (unpaired) electrons. The summed E-state index contributed by atoms with van der Waals surface area (Å²) >= 11 is 6.16. The van der Waals surface area contributed by atoms with Gasteiger partial charge in [-0.3, -0.25) is 0 Å². The highest BCUT2D eigenvalue weighted by Crippen LogP contribution is 2.33. The Balaban J connectivity index is 1.84. The van der Waals surface area contributed by atoms with Crippen LogP contribution in [0.15, 0.2) is 65.1 Å². The van der Waals surface area contributed by atoms with Gasteiger partial charge in [0.1, 0.15) is 5.52 Å². The van der Waals surface area contributed by atoms with Crippen molar-refractivity contribution in [2.75, 3.05) is 11.5 Å². The first kappa shape index (κ1) is 15.5. The second kappa shape index (κ2) is 6.15. The number of hydrogen-bond acceptors (Lipinski definition) is 4. The van der Waals surface area contributed by atoms with Crippen molar-refractivity contribution in [2.45, 2.75) is 6.42 Å². The minimum Gasteiger partial charge on any atom is -0.424 e. The number of nitrogens with two attached hydrogens (primary N) is 2. The van der Waals surface area contributed by atoms with Gasteiger partial charge in [-0.15, -0.1) is 0 Å². The summed E-state index contributed by atoms with van der Waals surface area (Å²) in [7, 11) is 0. The number of halogens is 1. The summed E-state index contributed by atoms with van der Waals surface area (Å²) in [5, 5.41) is 0.672. The predicted octanol–water partition coefficient (Wildman–Crippen LogP) is 4.90. The normalized spacial score (nSPS) is 11.1. The molecule has 0 bridgehead atoms. The Morgan fingerprint density at radius 1 is 0.920 bits per heavy atom. The lowest BCUT2D eigenvalue weighted by molar-refractivity contribution is 0.626. The average molecular weight is 350 g/mol. The summed E-state index contributed by atoms with van der Waals surface area (Å²) in [5.74, 6) is 0. The van der Waals surface area contributed by atoms with Crippen molar-refractivity contribution >= 4 is 34.4 Å². The zero-order valence-corrected chi connectivity index (χ0v) is 14.1. The van der Waals surface area contributed by atoms with Crippen LogP contribution in [0.4, 0.5) is 11.7 Å². The molecule has 0 spiro atoms. The fourth-order valence-corrected chi connectivity index (χ4v) is 3.14. The predicted molar refractivity (Wildman–Crippen MR) is 103 cm³/mol. The zero-order valence-electron chi connectivity index (χ0n) is 13.4. The molecule has 0 fully saturated rings. The summed E-state index contributed by atoms with van der Waals surface area (Å²) < 4.78 is 5.57. The fourth-order valence-electron chi connectivity index (χ4n) is 2.95. The highest BCUT2D eigenvalue weighted by atomic mass is 35.5. The molecule has 0 atom stereocenters. The van der Waals surface area contributed by atoms with E-state index in [2.05, 4.69) is 11.1 Å². The van der Waals surface area contributed by atoms with Crippen LogP contribution in [0.1, 0.15) is 11.1 Å². The van der Waals surface area contributed by atoms with Crippen LogP contribution in [0.2, 0.25) is 5.02 Å². The number of hydrogen-bond donors (Lipinski definition) is 2. The van der Waals surface area contributed by atoms with Gasteiger partial charge in [-0.25, -0.2) is 0 Å². The van der Waals surface area contributed by atoms with E-state index in [0.29, 0.717) is 10.6 Å². The van der Waals surface area contributed by atoms with E-state index in [1.165, 1.54) is 0 Å². The Bertz CT molecular complexity index is 1050. The largest absolute Gasteiger partial charge is 0.424 e. The van der Waals surface area contributed by atoms with Gasteiger partial charge in [-0.1, -0.05) is 35.9 Å².